The maximum Gasteiger partial charge on any atom is 0.240 e. The third-order valence-corrected chi connectivity index (χ3v) is 10.6. The van der Waals surface area contributed by atoms with E-state index in [1.165, 1.54) is 0 Å². The summed E-state index contributed by atoms with van der Waals surface area (Å²) in [5.74, 6) is 0.272. The number of hydrogen-bond acceptors (Lipinski definition) is 6. The van der Waals surface area contributed by atoms with Crippen molar-refractivity contribution in [2.45, 2.75) is 75.9 Å². The van der Waals surface area contributed by atoms with Gasteiger partial charge < -0.3 is 29.8 Å². The van der Waals surface area contributed by atoms with Gasteiger partial charge in [-0.15, -0.1) is 0 Å². The van der Waals surface area contributed by atoms with E-state index in [-0.39, 0.29) is 54.6 Å². The molecule has 0 saturated carbocycles. The molecule has 8 nitrogen and oxygen atoms in total. The standard InChI is InChI=1S/C26H41N3O5Si/c1-18-22(10-9-19-6-4-7-20(14-19)29-13-11-27-16-25(29)32)34-23(26(18)35(2,3)33)15-24(31)28-12-5-8-21(28)17-30/h4,6-7,14,18,21-23,26-27,30,33H,5,8-13,15-17H2,1-3H3/t18-,21-,22+,23-,26+/m0/s1. The number of hydrogen-bond donors (Lipinski definition) is 3. The van der Waals surface area contributed by atoms with Crippen LogP contribution in [0.25, 0.3) is 0 Å². The Balaban J connectivity index is 1.41. The van der Waals surface area contributed by atoms with Crippen molar-refractivity contribution in [3.05, 3.63) is 29.8 Å². The number of benzene rings is 1. The number of nitrogens with zero attached hydrogens (tertiary/aromatic N) is 2. The van der Waals surface area contributed by atoms with Gasteiger partial charge in [-0.2, -0.15) is 0 Å². The van der Waals surface area contributed by atoms with Crippen LogP contribution in [0.2, 0.25) is 18.6 Å². The average molecular weight is 504 g/mol. The summed E-state index contributed by atoms with van der Waals surface area (Å²) in [5.41, 5.74) is 2.07. The highest BCUT2D eigenvalue weighted by atomic mass is 28.4. The zero-order valence-electron chi connectivity index (χ0n) is 21.3. The summed E-state index contributed by atoms with van der Waals surface area (Å²) in [6.07, 6.45) is 3.31. The molecule has 194 valence electrons. The molecule has 1 aromatic carbocycles. The van der Waals surface area contributed by atoms with Crippen LogP contribution in [0.3, 0.4) is 0 Å². The van der Waals surface area contributed by atoms with Crippen LogP contribution in [0.15, 0.2) is 24.3 Å². The first kappa shape index (κ1) is 26.3. The SMILES string of the molecule is C[C@@H]1[C@@H]([Si](C)(C)O)[C@H](CC(=O)N2CCC[C@H]2CO)O[C@@H]1CCc1cccc(N2CCNCC2=O)c1. The highest BCUT2D eigenvalue weighted by Crippen LogP contribution is 2.45. The van der Waals surface area contributed by atoms with Gasteiger partial charge in [-0.25, -0.2) is 0 Å². The van der Waals surface area contributed by atoms with Crippen molar-refractivity contribution in [3.8, 4) is 0 Å². The molecule has 3 saturated heterocycles. The Morgan fingerprint density at radius 1 is 1.26 bits per heavy atom. The van der Waals surface area contributed by atoms with Crippen LogP contribution in [-0.4, -0.2) is 86.0 Å². The highest BCUT2D eigenvalue weighted by Gasteiger charge is 2.50. The number of aliphatic hydroxyl groups is 1. The van der Waals surface area contributed by atoms with Crippen LogP contribution >= 0.6 is 0 Å². The van der Waals surface area contributed by atoms with E-state index >= 15 is 0 Å². The molecule has 35 heavy (non-hydrogen) atoms. The van der Waals surface area contributed by atoms with Crippen LogP contribution in [0.4, 0.5) is 5.69 Å². The molecule has 3 aliphatic rings. The van der Waals surface area contributed by atoms with E-state index < -0.39 is 8.32 Å². The molecular formula is C26H41N3O5Si. The van der Waals surface area contributed by atoms with Gasteiger partial charge in [0.1, 0.15) is 0 Å². The van der Waals surface area contributed by atoms with Gasteiger partial charge >= 0.3 is 0 Å². The van der Waals surface area contributed by atoms with Crippen molar-refractivity contribution in [2.24, 2.45) is 5.92 Å². The van der Waals surface area contributed by atoms with E-state index in [0.717, 1.165) is 43.5 Å². The summed E-state index contributed by atoms with van der Waals surface area (Å²) in [5, 5.41) is 12.7. The molecule has 1 aromatic rings. The lowest BCUT2D eigenvalue weighted by atomic mass is 9.95. The fourth-order valence-corrected chi connectivity index (χ4v) is 8.93. The summed E-state index contributed by atoms with van der Waals surface area (Å²) in [4.78, 5) is 40.1. The van der Waals surface area contributed by atoms with E-state index in [9.17, 15) is 19.5 Å². The third-order valence-electron chi connectivity index (χ3n) is 8.03. The minimum Gasteiger partial charge on any atom is -0.432 e. The van der Waals surface area contributed by atoms with Crippen molar-refractivity contribution >= 4 is 25.8 Å². The van der Waals surface area contributed by atoms with Gasteiger partial charge in [0.25, 0.3) is 0 Å². The number of nitrogens with one attached hydrogen (secondary N) is 1. The van der Waals surface area contributed by atoms with Crippen molar-refractivity contribution in [1.29, 1.82) is 0 Å². The van der Waals surface area contributed by atoms with Crippen molar-refractivity contribution in [3.63, 3.8) is 0 Å². The lowest BCUT2D eigenvalue weighted by Crippen LogP contribution is -2.48. The number of likely N-dealkylation sites (tertiary alicyclic amines) is 1. The lowest BCUT2D eigenvalue weighted by molar-refractivity contribution is -0.135. The zero-order valence-corrected chi connectivity index (χ0v) is 22.3. The van der Waals surface area contributed by atoms with Crippen LogP contribution in [0, 0.1) is 5.92 Å². The number of carbonyl (C=O) groups is 2. The molecule has 5 atom stereocenters. The maximum atomic E-state index is 13.1. The van der Waals surface area contributed by atoms with E-state index in [2.05, 4.69) is 24.4 Å². The highest BCUT2D eigenvalue weighted by molar-refractivity contribution is 6.71. The summed E-state index contributed by atoms with van der Waals surface area (Å²) < 4.78 is 6.49. The predicted molar refractivity (Wildman–Crippen MR) is 138 cm³/mol. The molecule has 3 heterocycles. The first-order chi connectivity index (χ1) is 16.7. The molecule has 3 N–H and O–H groups in total. The number of carbonyl (C=O) groups excluding carboxylic acids is 2. The van der Waals surface area contributed by atoms with Gasteiger partial charge in [0.15, 0.2) is 8.32 Å². The van der Waals surface area contributed by atoms with Gasteiger partial charge in [0.2, 0.25) is 11.8 Å². The molecule has 0 bridgehead atoms. The second kappa shape index (κ2) is 11.1. The number of anilines is 1. The van der Waals surface area contributed by atoms with Crippen LogP contribution in [0.5, 0.6) is 0 Å². The monoisotopic (exact) mass is 503 g/mol. The van der Waals surface area contributed by atoms with Gasteiger partial charge in [0.05, 0.1) is 37.8 Å². The van der Waals surface area contributed by atoms with Crippen molar-refractivity contribution in [1.82, 2.24) is 10.2 Å². The molecule has 4 rings (SSSR count). The Hall–Kier alpha value is -1.78. The fraction of sp³-hybridized carbons (Fsp3) is 0.692. The lowest BCUT2D eigenvalue weighted by Gasteiger charge is -2.31. The van der Waals surface area contributed by atoms with Crippen molar-refractivity contribution in [2.75, 3.05) is 37.7 Å². The predicted octanol–water partition coefficient (Wildman–Crippen LogP) is 1.90. The van der Waals surface area contributed by atoms with E-state index in [0.29, 0.717) is 19.6 Å². The Kier molecular flexibility index (Phi) is 8.33. The molecule has 0 spiro atoms. The molecular weight excluding hydrogens is 462 g/mol. The van der Waals surface area contributed by atoms with Crippen molar-refractivity contribution < 1.29 is 24.2 Å². The molecule has 3 aliphatic heterocycles. The molecule has 0 unspecified atom stereocenters. The smallest absolute Gasteiger partial charge is 0.240 e. The molecule has 0 aromatic heterocycles. The van der Waals surface area contributed by atoms with Gasteiger partial charge in [0, 0.05) is 30.9 Å². The third kappa shape index (κ3) is 5.97. The fourth-order valence-electron chi connectivity index (χ4n) is 6.32. The number of rotatable bonds is 8. The molecule has 2 amide bonds. The topological polar surface area (TPSA) is 102 Å². The quantitative estimate of drug-likeness (QED) is 0.469. The Bertz CT molecular complexity index is 907. The second-order valence-electron chi connectivity index (χ2n) is 11.0. The first-order valence-corrected chi connectivity index (χ1v) is 16.1. The Morgan fingerprint density at radius 3 is 2.77 bits per heavy atom. The van der Waals surface area contributed by atoms with Gasteiger partial charge in [-0.3, -0.25) is 9.59 Å². The number of aryl methyl sites for hydroxylation is 1. The molecule has 3 fully saturated rings. The molecule has 9 heteroatoms. The van der Waals surface area contributed by atoms with E-state index in [4.69, 9.17) is 4.74 Å². The van der Waals surface area contributed by atoms with Crippen LogP contribution in [0.1, 0.15) is 38.2 Å². The maximum absolute atomic E-state index is 13.1. The molecule has 0 radical (unpaired) electrons. The zero-order chi connectivity index (χ0) is 25.2. The van der Waals surface area contributed by atoms with E-state index in [1.54, 1.807) is 4.90 Å². The normalized spacial score (nSPS) is 29.7. The minimum absolute atomic E-state index is 0.00142. The molecule has 0 aliphatic carbocycles. The summed E-state index contributed by atoms with van der Waals surface area (Å²) in [6.45, 7) is 8.55. The van der Waals surface area contributed by atoms with E-state index in [1.807, 2.05) is 30.1 Å². The first-order valence-electron chi connectivity index (χ1n) is 13.1. The number of aliphatic hydroxyl groups excluding tert-OH is 1. The summed E-state index contributed by atoms with van der Waals surface area (Å²) in [7, 11) is -2.57. The average Bonchev–Trinajstić information content (AvgIpc) is 3.42. The largest absolute Gasteiger partial charge is 0.432 e. The second-order valence-corrected chi connectivity index (χ2v) is 14.9. The van der Waals surface area contributed by atoms with Gasteiger partial charge in [-0.05, 0) is 62.4 Å². The number of piperazine rings is 1. The number of amides is 2. The Morgan fingerprint density at radius 2 is 2.06 bits per heavy atom. The van der Waals surface area contributed by atoms with Gasteiger partial charge in [-0.1, -0.05) is 19.1 Å². The minimum atomic E-state index is -2.57. The summed E-state index contributed by atoms with van der Waals surface area (Å²) in [6, 6.07) is 8.07. The Labute approximate surface area is 209 Å². The summed E-state index contributed by atoms with van der Waals surface area (Å²) >= 11 is 0. The van der Waals surface area contributed by atoms with Crippen LogP contribution < -0.4 is 10.2 Å². The van der Waals surface area contributed by atoms with Crippen LogP contribution in [-0.2, 0) is 20.7 Å². The number of ether oxygens (including phenoxy) is 1.